The maximum Gasteiger partial charge on any atom is 0.278 e. The predicted octanol–water partition coefficient (Wildman–Crippen LogP) is 2.56. The molecule has 0 atom stereocenters. The van der Waals surface area contributed by atoms with Crippen LogP contribution in [0.15, 0.2) is 23.0 Å². The van der Waals surface area contributed by atoms with Gasteiger partial charge in [0.05, 0.1) is 0 Å². The third-order valence-corrected chi connectivity index (χ3v) is 4.35. The monoisotopic (exact) mass is 314 g/mol. The minimum absolute atomic E-state index is 0.196. The van der Waals surface area contributed by atoms with Crippen LogP contribution in [-0.4, -0.2) is 20.2 Å². The van der Waals surface area contributed by atoms with Crippen molar-refractivity contribution >= 4 is 34.2 Å². The lowest BCUT2D eigenvalue weighted by atomic mass is 10.1. The highest BCUT2D eigenvalue weighted by molar-refractivity contribution is 7.09. The third-order valence-electron chi connectivity index (χ3n) is 3.52. The number of aryl methyl sites for hydroxylation is 2. The Morgan fingerprint density at radius 2 is 2.00 bits per heavy atom. The molecule has 1 amide bonds. The highest BCUT2D eigenvalue weighted by Crippen LogP contribution is 2.22. The fourth-order valence-electron chi connectivity index (χ4n) is 2.17. The first-order chi connectivity index (χ1) is 10.5. The van der Waals surface area contributed by atoms with Crippen molar-refractivity contribution in [3.05, 3.63) is 50.4 Å². The summed E-state index contributed by atoms with van der Waals surface area (Å²) in [6, 6.07) is 5.71. The van der Waals surface area contributed by atoms with Gasteiger partial charge in [0.15, 0.2) is 5.52 Å². The number of hydrogen-bond acceptors (Lipinski definition) is 5. The SMILES string of the molecule is Cc1nc2c(C(=O)Nc3cccc(C)c3C)snc2c(=O)[nH]1. The first-order valence-corrected chi connectivity index (χ1v) is 7.48. The number of nitrogens with zero attached hydrogens (tertiary/aromatic N) is 2. The van der Waals surface area contributed by atoms with Crippen LogP contribution in [0.5, 0.6) is 0 Å². The Hall–Kier alpha value is -2.54. The van der Waals surface area contributed by atoms with Crippen LogP contribution in [0.1, 0.15) is 26.6 Å². The Morgan fingerprint density at radius 1 is 1.23 bits per heavy atom. The molecule has 0 fully saturated rings. The van der Waals surface area contributed by atoms with E-state index in [4.69, 9.17) is 0 Å². The highest BCUT2D eigenvalue weighted by atomic mass is 32.1. The van der Waals surface area contributed by atoms with Gasteiger partial charge in [-0.3, -0.25) is 9.59 Å². The molecule has 3 aromatic rings. The zero-order chi connectivity index (χ0) is 15.9. The maximum absolute atomic E-state index is 12.5. The van der Waals surface area contributed by atoms with Gasteiger partial charge in [-0.05, 0) is 49.5 Å². The molecule has 0 aliphatic rings. The normalized spacial score (nSPS) is 10.9. The number of anilines is 1. The quantitative estimate of drug-likeness (QED) is 0.761. The second-order valence-corrected chi connectivity index (χ2v) is 5.84. The first-order valence-electron chi connectivity index (χ1n) is 6.71. The van der Waals surface area contributed by atoms with E-state index in [-0.39, 0.29) is 17.0 Å². The van der Waals surface area contributed by atoms with Gasteiger partial charge in [0.25, 0.3) is 11.5 Å². The lowest BCUT2D eigenvalue weighted by Gasteiger charge is -2.09. The van der Waals surface area contributed by atoms with E-state index >= 15 is 0 Å². The van der Waals surface area contributed by atoms with E-state index in [0.29, 0.717) is 16.2 Å². The van der Waals surface area contributed by atoms with Crippen LogP contribution in [0.25, 0.3) is 11.0 Å². The summed E-state index contributed by atoms with van der Waals surface area (Å²) in [6.45, 7) is 5.60. The second-order valence-electron chi connectivity index (χ2n) is 5.06. The fourth-order valence-corrected chi connectivity index (χ4v) is 2.89. The van der Waals surface area contributed by atoms with E-state index in [1.54, 1.807) is 6.92 Å². The van der Waals surface area contributed by atoms with Crippen LogP contribution < -0.4 is 10.9 Å². The summed E-state index contributed by atoms with van der Waals surface area (Å²) in [5.41, 5.74) is 3.05. The van der Waals surface area contributed by atoms with Crippen molar-refractivity contribution in [2.45, 2.75) is 20.8 Å². The third kappa shape index (κ3) is 2.39. The van der Waals surface area contributed by atoms with Gasteiger partial charge in [-0.1, -0.05) is 12.1 Å². The molecule has 2 heterocycles. The summed E-state index contributed by atoms with van der Waals surface area (Å²) >= 11 is 0.979. The van der Waals surface area contributed by atoms with Crippen LogP contribution in [0.3, 0.4) is 0 Å². The molecule has 0 saturated carbocycles. The molecular formula is C15H14N4O2S. The molecule has 0 spiro atoms. The molecule has 6 nitrogen and oxygen atoms in total. The second kappa shape index (κ2) is 5.34. The van der Waals surface area contributed by atoms with Crippen molar-refractivity contribution in [2.75, 3.05) is 5.32 Å². The lowest BCUT2D eigenvalue weighted by Crippen LogP contribution is -2.14. The molecule has 2 N–H and O–H groups in total. The van der Waals surface area contributed by atoms with Crippen LogP contribution in [0.2, 0.25) is 0 Å². The van der Waals surface area contributed by atoms with Gasteiger partial charge in [-0.15, -0.1) is 0 Å². The minimum atomic E-state index is -0.329. The maximum atomic E-state index is 12.5. The number of carbonyl (C=O) groups excluding carboxylic acids is 1. The summed E-state index contributed by atoms with van der Waals surface area (Å²) in [5, 5.41) is 2.86. The number of rotatable bonds is 2. The standard InChI is InChI=1S/C15H14N4O2S/c1-7-5-4-6-10(8(7)2)18-15(21)13-11-12(19-22-13)14(20)17-9(3)16-11/h4-6H,1-3H3,(H,18,21)(H,16,17,20). The molecule has 7 heteroatoms. The van der Waals surface area contributed by atoms with E-state index in [1.165, 1.54) is 0 Å². The van der Waals surface area contributed by atoms with E-state index in [2.05, 4.69) is 19.7 Å². The van der Waals surface area contributed by atoms with E-state index in [9.17, 15) is 9.59 Å². The number of aromatic nitrogens is 3. The van der Waals surface area contributed by atoms with Crippen molar-refractivity contribution in [3.8, 4) is 0 Å². The average Bonchev–Trinajstić information content (AvgIpc) is 2.88. The van der Waals surface area contributed by atoms with Crippen LogP contribution in [-0.2, 0) is 0 Å². The molecule has 0 radical (unpaired) electrons. The Balaban J connectivity index is 2.03. The number of hydrogen-bond donors (Lipinski definition) is 2. The number of carbonyl (C=O) groups is 1. The van der Waals surface area contributed by atoms with Gasteiger partial charge in [0, 0.05) is 5.69 Å². The topological polar surface area (TPSA) is 87.7 Å². The molecule has 2 aromatic heterocycles. The van der Waals surface area contributed by atoms with Crippen molar-refractivity contribution in [1.82, 2.24) is 14.3 Å². The van der Waals surface area contributed by atoms with Crippen LogP contribution in [0, 0.1) is 20.8 Å². The first kappa shape index (κ1) is 14.4. The van der Waals surface area contributed by atoms with Gasteiger partial charge in [-0.2, -0.15) is 4.37 Å². The molecular weight excluding hydrogens is 300 g/mol. The molecule has 3 rings (SSSR count). The van der Waals surface area contributed by atoms with Crippen molar-refractivity contribution in [2.24, 2.45) is 0 Å². The molecule has 0 bridgehead atoms. The summed E-state index contributed by atoms with van der Waals surface area (Å²) in [5.74, 6) is 0.150. The summed E-state index contributed by atoms with van der Waals surface area (Å²) in [6.07, 6.45) is 0. The zero-order valence-corrected chi connectivity index (χ0v) is 13.2. The fraction of sp³-hybridized carbons (Fsp3) is 0.200. The molecule has 0 unspecified atom stereocenters. The van der Waals surface area contributed by atoms with E-state index < -0.39 is 0 Å². The molecule has 0 aliphatic carbocycles. The molecule has 1 aromatic carbocycles. The van der Waals surface area contributed by atoms with Gasteiger partial charge >= 0.3 is 0 Å². The largest absolute Gasteiger partial charge is 0.321 e. The van der Waals surface area contributed by atoms with Gasteiger partial charge in [-0.25, -0.2) is 4.98 Å². The van der Waals surface area contributed by atoms with Gasteiger partial charge in [0.1, 0.15) is 16.2 Å². The summed E-state index contributed by atoms with van der Waals surface area (Å²) < 4.78 is 4.04. The summed E-state index contributed by atoms with van der Waals surface area (Å²) in [7, 11) is 0. The number of benzene rings is 1. The number of aromatic amines is 1. The van der Waals surface area contributed by atoms with E-state index in [1.807, 2.05) is 32.0 Å². The molecule has 0 saturated heterocycles. The van der Waals surface area contributed by atoms with Crippen LogP contribution in [0.4, 0.5) is 5.69 Å². The Labute approximate surface area is 130 Å². The predicted molar refractivity (Wildman–Crippen MR) is 86.6 cm³/mol. The Morgan fingerprint density at radius 3 is 2.77 bits per heavy atom. The lowest BCUT2D eigenvalue weighted by molar-refractivity contribution is 0.103. The Bertz CT molecular complexity index is 942. The number of fused-ring (bicyclic) bond motifs is 1. The molecule has 0 aliphatic heterocycles. The number of amides is 1. The van der Waals surface area contributed by atoms with Crippen molar-refractivity contribution in [1.29, 1.82) is 0 Å². The zero-order valence-electron chi connectivity index (χ0n) is 12.4. The molecule has 22 heavy (non-hydrogen) atoms. The average molecular weight is 314 g/mol. The van der Waals surface area contributed by atoms with E-state index in [0.717, 1.165) is 28.3 Å². The van der Waals surface area contributed by atoms with Crippen molar-refractivity contribution in [3.63, 3.8) is 0 Å². The highest BCUT2D eigenvalue weighted by Gasteiger charge is 2.18. The number of H-pyrrole nitrogens is 1. The van der Waals surface area contributed by atoms with Gasteiger partial charge < -0.3 is 10.3 Å². The smallest absolute Gasteiger partial charge is 0.278 e. The van der Waals surface area contributed by atoms with Crippen molar-refractivity contribution < 1.29 is 4.79 Å². The molecule has 112 valence electrons. The number of nitrogens with one attached hydrogen (secondary N) is 2. The Kier molecular flexibility index (Phi) is 3.50. The van der Waals surface area contributed by atoms with Crippen LogP contribution >= 0.6 is 11.5 Å². The summed E-state index contributed by atoms with van der Waals surface area (Å²) in [4.78, 5) is 31.4. The van der Waals surface area contributed by atoms with Gasteiger partial charge in [0.2, 0.25) is 0 Å². The minimum Gasteiger partial charge on any atom is -0.321 e.